The number of benzene rings is 1. The Morgan fingerprint density at radius 3 is 2.22 bits per heavy atom. The zero-order valence-corrected chi connectivity index (χ0v) is 10.9. The average molecular weight is 310 g/mol. The molecule has 2 rings (SSSR count). The minimum Gasteiger partial charge on any atom is -0.375 e. The highest BCUT2D eigenvalue weighted by molar-refractivity contribution is 7.86. The molecule has 1 heterocycles. The number of nitrogen functional groups attached to an aromatic ring is 1. The predicted molar refractivity (Wildman–Crippen MR) is 63.7 cm³/mol. The normalized spacial score (nSPS) is 13.0. The molecule has 0 amide bonds. The first-order valence-corrected chi connectivity index (χ1v) is 7.94. The number of hydrogen-bond acceptors (Lipinski definition) is 7. The van der Waals surface area contributed by atoms with E-state index in [1.165, 1.54) is 0 Å². The second kappa shape index (κ2) is 3.86. The molecule has 4 N–H and O–H groups in total. The largest absolute Gasteiger partial charge is 0.375 e. The molecule has 2 aromatic rings. The third kappa shape index (κ3) is 2.30. The van der Waals surface area contributed by atoms with E-state index in [1.54, 1.807) is 0 Å². The Morgan fingerprint density at radius 2 is 1.72 bits per heavy atom. The van der Waals surface area contributed by atoms with Crippen molar-refractivity contribution in [2.75, 3.05) is 5.73 Å². The number of rotatable bonds is 2. The highest BCUT2D eigenvalue weighted by Crippen LogP contribution is 2.31. The molecule has 0 atom stereocenters. The second-order valence-electron chi connectivity index (χ2n) is 3.27. The summed E-state index contributed by atoms with van der Waals surface area (Å²) in [5.74, 6) is 0. The third-order valence-electron chi connectivity index (χ3n) is 2.03. The quantitative estimate of drug-likeness (QED) is 0.674. The van der Waals surface area contributed by atoms with Crippen molar-refractivity contribution in [3.63, 3.8) is 0 Å². The Morgan fingerprint density at radius 1 is 1.11 bits per heavy atom. The Hall–Kier alpha value is -1.27. The molecule has 18 heavy (non-hydrogen) atoms. The van der Waals surface area contributed by atoms with Gasteiger partial charge in [-0.2, -0.15) is 16.8 Å². The highest BCUT2D eigenvalue weighted by Gasteiger charge is 2.22. The molecule has 0 fully saturated rings. The minimum absolute atomic E-state index is 0.00221. The Balaban J connectivity index is 2.99. The van der Waals surface area contributed by atoms with Gasteiger partial charge in [0.15, 0.2) is 5.13 Å². The molecule has 0 saturated carbocycles. The van der Waals surface area contributed by atoms with Crippen LogP contribution in [0.25, 0.3) is 10.2 Å². The Kier molecular flexibility index (Phi) is 2.82. The minimum atomic E-state index is -4.69. The SMILES string of the molecule is Nc1nc2c(S(=O)(=O)O)cc(S(=O)(=O)O)cc2s1. The van der Waals surface area contributed by atoms with Crippen LogP contribution in [-0.2, 0) is 20.2 Å². The van der Waals surface area contributed by atoms with Gasteiger partial charge in [-0.05, 0) is 12.1 Å². The maximum absolute atomic E-state index is 11.1. The van der Waals surface area contributed by atoms with Gasteiger partial charge < -0.3 is 5.73 Å². The smallest absolute Gasteiger partial charge is 0.296 e. The Labute approximate surface area is 106 Å². The van der Waals surface area contributed by atoms with E-state index in [9.17, 15) is 16.8 Å². The zero-order valence-electron chi connectivity index (χ0n) is 8.43. The van der Waals surface area contributed by atoms with Gasteiger partial charge in [0.05, 0.1) is 9.60 Å². The zero-order chi connectivity index (χ0) is 13.7. The van der Waals surface area contributed by atoms with Gasteiger partial charge in [-0.15, -0.1) is 0 Å². The number of anilines is 1. The maximum Gasteiger partial charge on any atom is 0.296 e. The second-order valence-corrected chi connectivity index (χ2v) is 7.14. The van der Waals surface area contributed by atoms with Crippen LogP contribution in [0.2, 0.25) is 0 Å². The van der Waals surface area contributed by atoms with Crippen LogP contribution in [-0.4, -0.2) is 30.9 Å². The summed E-state index contributed by atoms with van der Waals surface area (Å²) in [6, 6.07) is 1.64. The van der Waals surface area contributed by atoms with Gasteiger partial charge in [0.1, 0.15) is 10.4 Å². The first-order chi connectivity index (χ1) is 8.09. The lowest BCUT2D eigenvalue weighted by atomic mass is 10.3. The van der Waals surface area contributed by atoms with Gasteiger partial charge in [0.25, 0.3) is 20.2 Å². The summed E-state index contributed by atoms with van der Waals surface area (Å²) in [5, 5.41) is 0.00221. The average Bonchev–Trinajstić information content (AvgIpc) is 2.52. The van der Waals surface area contributed by atoms with Crippen LogP contribution in [0.1, 0.15) is 0 Å². The van der Waals surface area contributed by atoms with Crippen LogP contribution < -0.4 is 5.73 Å². The van der Waals surface area contributed by atoms with Gasteiger partial charge in [-0.3, -0.25) is 9.11 Å². The van der Waals surface area contributed by atoms with Crippen LogP contribution in [0.3, 0.4) is 0 Å². The van der Waals surface area contributed by atoms with E-state index < -0.39 is 30.0 Å². The molecule has 1 aromatic heterocycles. The number of nitrogens with two attached hydrogens (primary N) is 1. The van der Waals surface area contributed by atoms with Crippen molar-refractivity contribution < 1.29 is 25.9 Å². The molecule has 98 valence electrons. The predicted octanol–water partition coefficient (Wildman–Crippen LogP) is 0.372. The van der Waals surface area contributed by atoms with Crippen LogP contribution in [0.4, 0.5) is 5.13 Å². The fourth-order valence-corrected chi connectivity index (χ4v) is 3.56. The summed E-state index contributed by atoms with van der Waals surface area (Å²) in [5.41, 5.74) is 5.23. The molecular weight excluding hydrogens is 304 g/mol. The van der Waals surface area contributed by atoms with E-state index >= 15 is 0 Å². The van der Waals surface area contributed by atoms with Crippen LogP contribution >= 0.6 is 11.3 Å². The number of thiazole rings is 1. The molecule has 0 aliphatic heterocycles. The number of hydrogen-bond donors (Lipinski definition) is 3. The topological polar surface area (TPSA) is 148 Å². The summed E-state index contributed by atoms with van der Waals surface area (Å²) in [4.78, 5) is 2.30. The van der Waals surface area contributed by atoms with E-state index in [1.807, 2.05) is 0 Å². The summed E-state index contributed by atoms with van der Waals surface area (Å²) in [6.07, 6.45) is 0. The molecule has 0 aliphatic rings. The van der Waals surface area contributed by atoms with Crippen LogP contribution in [0.15, 0.2) is 21.9 Å². The molecule has 1 aromatic carbocycles. The third-order valence-corrected chi connectivity index (χ3v) is 4.56. The molecule has 0 aliphatic carbocycles. The fraction of sp³-hybridized carbons (Fsp3) is 0. The molecular formula is C7H6N2O6S3. The van der Waals surface area contributed by atoms with E-state index in [0.717, 1.165) is 17.4 Å². The first-order valence-electron chi connectivity index (χ1n) is 4.24. The van der Waals surface area contributed by atoms with Gasteiger partial charge in [0.2, 0.25) is 0 Å². The van der Waals surface area contributed by atoms with Crippen molar-refractivity contribution in [2.45, 2.75) is 9.79 Å². The van der Waals surface area contributed by atoms with E-state index in [0.29, 0.717) is 6.07 Å². The van der Waals surface area contributed by atoms with Crippen molar-refractivity contribution in [3.05, 3.63) is 12.1 Å². The summed E-state index contributed by atoms with van der Waals surface area (Å²) >= 11 is 0.828. The molecule has 0 spiro atoms. The highest BCUT2D eigenvalue weighted by atomic mass is 32.2. The van der Waals surface area contributed by atoms with Gasteiger partial charge in [-0.1, -0.05) is 11.3 Å². The standard InChI is InChI=1S/C7H6N2O6S3/c8-7-9-6-4(16-7)1-3(17(10,11)12)2-5(6)18(13,14)15/h1-2H,(H2,8,9)(H,10,11,12)(H,13,14,15). The summed E-state index contributed by atoms with van der Waals surface area (Å²) < 4.78 is 62.3. The van der Waals surface area contributed by atoms with E-state index in [-0.39, 0.29) is 15.3 Å². The van der Waals surface area contributed by atoms with Crippen molar-refractivity contribution >= 4 is 46.9 Å². The number of fused-ring (bicyclic) bond motifs is 1. The Bertz CT molecular complexity index is 835. The molecule has 0 radical (unpaired) electrons. The first kappa shape index (κ1) is 13.2. The monoisotopic (exact) mass is 310 g/mol. The lowest BCUT2D eigenvalue weighted by molar-refractivity contribution is 0.482. The maximum atomic E-state index is 11.1. The van der Waals surface area contributed by atoms with Gasteiger partial charge in [-0.25, -0.2) is 4.98 Å². The van der Waals surface area contributed by atoms with Gasteiger partial charge >= 0.3 is 0 Å². The summed E-state index contributed by atoms with van der Waals surface area (Å²) in [7, 11) is -9.29. The fourth-order valence-electron chi connectivity index (χ4n) is 1.34. The lowest BCUT2D eigenvalue weighted by Crippen LogP contribution is -2.04. The number of nitrogens with zero attached hydrogens (tertiary/aromatic N) is 1. The molecule has 0 saturated heterocycles. The molecule has 8 nitrogen and oxygen atoms in total. The van der Waals surface area contributed by atoms with Crippen LogP contribution in [0.5, 0.6) is 0 Å². The van der Waals surface area contributed by atoms with Gasteiger partial charge in [0, 0.05) is 0 Å². The van der Waals surface area contributed by atoms with Crippen molar-refractivity contribution in [3.8, 4) is 0 Å². The molecule has 0 bridgehead atoms. The van der Waals surface area contributed by atoms with Crippen molar-refractivity contribution in [1.29, 1.82) is 0 Å². The van der Waals surface area contributed by atoms with Crippen molar-refractivity contribution in [1.82, 2.24) is 4.98 Å². The van der Waals surface area contributed by atoms with Crippen molar-refractivity contribution in [2.24, 2.45) is 0 Å². The lowest BCUT2D eigenvalue weighted by Gasteiger charge is -2.01. The van der Waals surface area contributed by atoms with Crippen LogP contribution in [0, 0.1) is 0 Å². The molecule has 11 heteroatoms. The number of aromatic nitrogens is 1. The molecule has 0 unspecified atom stereocenters. The summed E-state index contributed by atoms with van der Waals surface area (Å²) in [6.45, 7) is 0. The van der Waals surface area contributed by atoms with E-state index in [4.69, 9.17) is 14.8 Å². The van der Waals surface area contributed by atoms with E-state index in [2.05, 4.69) is 4.98 Å².